The van der Waals surface area contributed by atoms with Crippen LogP contribution < -0.4 is 5.32 Å². The van der Waals surface area contributed by atoms with E-state index in [1.54, 1.807) is 6.20 Å². The lowest BCUT2D eigenvalue weighted by molar-refractivity contribution is -0.129. The van der Waals surface area contributed by atoms with E-state index in [0.717, 1.165) is 38.0 Å². The number of pyridine rings is 1. The molecule has 1 aliphatic heterocycles. The molecule has 1 saturated heterocycles. The van der Waals surface area contributed by atoms with E-state index in [2.05, 4.69) is 22.1 Å². The van der Waals surface area contributed by atoms with Crippen molar-refractivity contribution in [3.63, 3.8) is 0 Å². The molecule has 0 saturated carbocycles. The van der Waals surface area contributed by atoms with Crippen LogP contribution in [-0.2, 0) is 16.1 Å². The van der Waals surface area contributed by atoms with Crippen LogP contribution in [0.15, 0.2) is 18.3 Å². The summed E-state index contributed by atoms with van der Waals surface area (Å²) in [5.74, 6) is 0.582. The van der Waals surface area contributed by atoms with Crippen LogP contribution in [0, 0.1) is 5.92 Å². The number of hydrogen-bond donors (Lipinski definition) is 1. The number of carbonyl (C=O) groups is 1. The zero-order valence-electron chi connectivity index (χ0n) is 13.1. The predicted octanol–water partition coefficient (Wildman–Crippen LogP) is 2.29. The molecule has 1 amide bonds. The minimum Gasteiger partial charge on any atom is -0.377 e. The van der Waals surface area contributed by atoms with Crippen LogP contribution in [0.2, 0.25) is 0 Å². The maximum Gasteiger partial charge on any atom is 0.231 e. The van der Waals surface area contributed by atoms with Gasteiger partial charge in [0.2, 0.25) is 5.91 Å². The molecule has 0 spiro atoms. The number of ether oxygens (including phenoxy) is 1. The Morgan fingerprint density at radius 1 is 1.52 bits per heavy atom. The van der Waals surface area contributed by atoms with E-state index in [0.29, 0.717) is 5.82 Å². The lowest BCUT2D eigenvalue weighted by Crippen LogP contribution is -2.38. The molecule has 0 aliphatic carbocycles. The number of nitrogens with zero attached hydrogens (tertiary/aromatic N) is 2. The number of nitrogens with one attached hydrogen (secondary N) is 1. The minimum atomic E-state index is -0.0666. The van der Waals surface area contributed by atoms with Gasteiger partial charge in [-0.05, 0) is 51.1 Å². The fourth-order valence-corrected chi connectivity index (χ4v) is 2.77. The summed E-state index contributed by atoms with van der Waals surface area (Å²) < 4.78 is 5.69. The molecule has 21 heavy (non-hydrogen) atoms. The summed E-state index contributed by atoms with van der Waals surface area (Å²) in [7, 11) is 4.04. The van der Waals surface area contributed by atoms with Gasteiger partial charge < -0.3 is 15.0 Å². The number of carbonyl (C=O) groups excluding carboxylic acids is 1. The zero-order chi connectivity index (χ0) is 15.2. The summed E-state index contributed by atoms with van der Waals surface area (Å²) in [5.41, 5.74) is 1.14. The number of anilines is 1. The second-order valence-corrected chi connectivity index (χ2v) is 5.84. The third-order valence-corrected chi connectivity index (χ3v) is 3.75. The summed E-state index contributed by atoms with van der Waals surface area (Å²) in [6, 6.07) is 3.90. The summed E-state index contributed by atoms with van der Waals surface area (Å²) in [6.07, 6.45) is 4.48. The first-order valence-electron chi connectivity index (χ1n) is 7.62. The quantitative estimate of drug-likeness (QED) is 0.904. The highest BCUT2D eigenvalue weighted by Crippen LogP contribution is 2.24. The van der Waals surface area contributed by atoms with Crippen LogP contribution in [-0.4, -0.2) is 42.6 Å². The molecular weight excluding hydrogens is 266 g/mol. The van der Waals surface area contributed by atoms with Crippen LogP contribution in [0.3, 0.4) is 0 Å². The van der Waals surface area contributed by atoms with Crippen molar-refractivity contribution in [2.24, 2.45) is 5.92 Å². The number of amides is 1. The molecule has 1 aromatic rings. The summed E-state index contributed by atoms with van der Waals surface area (Å²) >= 11 is 0. The molecule has 0 radical (unpaired) electrons. The number of rotatable bonds is 5. The molecule has 1 fully saturated rings. The molecule has 2 unspecified atom stereocenters. The van der Waals surface area contributed by atoms with Crippen molar-refractivity contribution in [3.05, 3.63) is 23.9 Å². The van der Waals surface area contributed by atoms with E-state index in [1.165, 1.54) is 0 Å². The van der Waals surface area contributed by atoms with Crippen molar-refractivity contribution in [3.8, 4) is 0 Å². The average Bonchev–Trinajstić information content (AvgIpc) is 2.46. The van der Waals surface area contributed by atoms with Gasteiger partial charge in [0.05, 0.1) is 12.0 Å². The van der Waals surface area contributed by atoms with Gasteiger partial charge in [0.15, 0.2) is 0 Å². The number of hydrogen-bond acceptors (Lipinski definition) is 4. The maximum absolute atomic E-state index is 12.4. The molecule has 2 heterocycles. The molecule has 5 heteroatoms. The zero-order valence-corrected chi connectivity index (χ0v) is 13.1. The molecule has 2 rings (SSSR count). The Balaban J connectivity index is 2.01. The fourth-order valence-electron chi connectivity index (χ4n) is 2.77. The first-order chi connectivity index (χ1) is 10.1. The van der Waals surface area contributed by atoms with Crippen LogP contribution in [0.25, 0.3) is 0 Å². The van der Waals surface area contributed by atoms with Gasteiger partial charge in [0, 0.05) is 19.3 Å². The summed E-state index contributed by atoms with van der Waals surface area (Å²) in [4.78, 5) is 18.8. The monoisotopic (exact) mass is 291 g/mol. The van der Waals surface area contributed by atoms with E-state index in [1.807, 2.05) is 26.2 Å². The maximum atomic E-state index is 12.4. The molecule has 116 valence electrons. The lowest BCUT2D eigenvalue weighted by Gasteiger charge is -2.29. The SMILES string of the molecule is CCC1OCCCC1C(=O)Nc1cc(CN(C)C)ccn1. The average molecular weight is 291 g/mol. The van der Waals surface area contributed by atoms with Crippen molar-refractivity contribution in [2.75, 3.05) is 26.0 Å². The van der Waals surface area contributed by atoms with Crippen LogP contribution in [0.5, 0.6) is 0 Å². The van der Waals surface area contributed by atoms with Crippen molar-refractivity contribution >= 4 is 11.7 Å². The van der Waals surface area contributed by atoms with Gasteiger partial charge in [0.1, 0.15) is 5.82 Å². The van der Waals surface area contributed by atoms with Crippen molar-refractivity contribution in [2.45, 2.75) is 38.8 Å². The van der Waals surface area contributed by atoms with E-state index < -0.39 is 0 Å². The standard InChI is InChI=1S/C16H25N3O2/c1-4-14-13(6-5-9-21-14)16(20)18-15-10-12(7-8-17-15)11-19(2)3/h7-8,10,13-14H,4-6,9,11H2,1-3H3,(H,17,18,20). The van der Waals surface area contributed by atoms with Gasteiger partial charge in [-0.3, -0.25) is 4.79 Å². The molecule has 2 atom stereocenters. The van der Waals surface area contributed by atoms with Crippen molar-refractivity contribution < 1.29 is 9.53 Å². The van der Waals surface area contributed by atoms with Gasteiger partial charge in [-0.1, -0.05) is 6.92 Å². The van der Waals surface area contributed by atoms with Crippen LogP contribution in [0.4, 0.5) is 5.82 Å². The predicted molar refractivity (Wildman–Crippen MR) is 83.0 cm³/mol. The van der Waals surface area contributed by atoms with E-state index in [9.17, 15) is 4.79 Å². The molecule has 0 bridgehead atoms. The Bertz CT molecular complexity index is 476. The highest BCUT2D eigenvalue weighted by molar-refractivity contribution is 5.92. The second kappa shape index (κ2) is 7.52. The summed E-state index contributed by atoms with van der Waals surface area (Å²) in [5, 5.41) is 2.94. The normalized spacial score (nSPS) is 22.3. The molecule has 1 aliphatic rings. The molecule has 0 aromatic carbocycles. The van der Waals surface area contributed by atoms with Gasteiger partial charge in [0.25, 0.3) is 0 Å². The molecule has 1 N–H and O–H groups in total. The first kappa shape index (κ1) is 15.9. The van der Waals surface area contributed by atoms with Crippen molar-refractivity contribution in [1.29, 1.82) is 0 Å². The second-order valence-electron chi connectivity index (χ2n) is 5.84. The van der Waals surface area contributed by atoms with E-state index in [4.69, 9.17) is 4.74 Å². The van der Waals surface area contributed by atoms with Gasteiger partial charge >= 0.3 is 0 Å². The first-order valence-corrected chi connectivity index (χ1v) is 7.62. The Morgan fingerprint density at radius 3 is 3.05 bits per heavy atom. The van der Waals surface area contributed by atoms with E-state index in [-0.39, 0.29) is 17.9 Å². The fraction of sp³-hybridized carbons (Fsp3) is 0.625. The third kappa shape index (κ3) is 4.51. The Hall–Kier alpha value is -1.46. The van der Waals surface area contributed by atoms with Gasteiger partial charge in [-0.15, -0.1) is 0 Å². The van der Waals surface area contributed by atoms with E-state index >= 15 is 0 Å². The van der Waals surface area contributed by atoms with Gasteiger partial charge in [-0.25, -0.2) is 4.98 Å². The molecule has 1 aromatic heterocycles. The lowest BCUT2D eigenvalue weighted by atomic mass is 9.92. The highest BCUT2D eigenvalue weighted by atomic mass is 16.5. The Morgan fingerprint density at radius 2 is 2.33 bits per heavy atom. The topological polar surface area (TPSA) is 54.5 Å². The molecular formula is C16H25N3O2. The van der Waals surface area contributed by atoms with Gasteiger partial charge in [-0.2, -0.15) is 0 Å². The third-order valence-electron chi connectivity index (χ3n) is 3.75. The highest BCUT2D eigenvalue weighted by Gasteiger charge is 2.30. The number of aromatic nitrogens is 1. The minimum absolute atomic E-state index is 0.0241. The largest absolute Gasteiger partial charge is 0.377 e. The Kier molecular flexibility index (Phi) is 5.70. The Labute approximate surface area is 126 Å². The van der Waals surface area contributed by atoms with Crippen LogP contribution >= 0.6 is 0 Å². The molecule has 5 nitrogen and oxygen atoms in total. The summed E-state index contributed by atoms with van der Waals surface area (Å²) in [6.45, 7) is 3.65. The van der Waals surface area contributed by atoms with Crippen LogP contribution in [0.1, 0.15) is 31.7 Å². The van der Waals surface area contributed by atoms with Crippen molar-refractivity contribution in [1.82, 2.24) is 9.88 Å². The smallest absolute Gasteiger partial charge is 0.231 e.